The third-order valence-electron chi connectivity index (χ3n) is 5.87. The smallest absolute Gasteiger partial charge is 0.0507 e. The van der Waals surface area contributed by atoms with Gasteiger partial charge in [-0.1, -0.05) is 0 Å². The van der Waals surface area contributed by atoms with Crippen LogP contribution in [0.2, 0.25) is 0 Å². The summed E-state index contributed by atoms with van der Waals surface area (Å²) in [6.07, 6.45) is 7.00. The summed E-state index contributed by atoms with van der Waals surface area (Å²) in [5.74, 6) is 0.806. The molecule has 3 nitrogen and oxygen atoms in total. The highest BCUT2D eigenvalue weighted by Gasteiger charge is 2.39. The lowest BCUT2D eigenvalue weighted by Crippen LogP contribution is -2.51. The highest BCUT2D eigenvalue weighted by Crippen LogP contribution is 2.40. The molecule has 1 atom stereocenters. The number of ether oxygens (including phenoxy) is 1. The van der Waals surface area contributed by atoms with Crippen molar-refractivity contribution in [3.63, 3.8) is 0 Å². The first-order chi connectivity index (χ1) is 9.67. The van der Waals surface area contributed by atoms with Crippen molar-refractivity contribution in [2.24, 2.45) is 11.3 Å². The zero-order valence-electron chi connectivity index (χ0n) is 13.4. The topological polar surface area (TPSA) is 15.7 Å². The quantitative estimate of drug-likeness (QED) is 0.790. The fraction of sp³-hybridized carbons (Fsp3) is 1.00. The normalized spacial score (nSPS) is 32.2. The Morgan fingerprint density at radius 3 is 2.60 bits per heavy atom. The van der Waals surface area contributed by atoms with Gasteiger partial charge >= 0.3 is 0 Å². The van der Waals surface area contributed by atoms with Gasteiger partial charge in [-0.2, -0.15) is 0 Å². The lowest BCUT2D eigenvalue weighted by Gasteiger charge is -2.49. The molecule has 0 amide bonds. The second-order valence-corrected chi connectivity index (χ2v) is 7.70. The van der Waals surface area contributed by atoms with Gasteiger partial charge in [-0.15, -0.1) is 0 Å². The van der Waals surface area contributed by atoms with Crippen molar-refractivity contribution in [3.05, 3.63) is 0 Å². The molecule has 0 radical (unpaired) electrons. The van der Waals surface area contributed by atoms with Gasteiger partial charge in [-0.25, -0.2) is 0 Å². The maximum absolute atomic E-state index is 5.54. The van der Waals surface area contributed by atoms with Gasteiger partial charge in [-0.05, 0) is 76.9 Å². The number of piperidine rings is 2. The van der Waals surface area contributed by atoms with Crippen molar-refractivity contribution in [3.8, 4) is 0 Å². The molecule has 0 aromatic rings. The van der Waals surface area contributed by atoms with Crippen LogP contribution in [-0.4, -0.2) is 61.8 Å². The second kappa shape index (κ2) is 6.33. The average molecular weight is 280 g/mol. The van der Waals surface area contributed by atoms with Crippen LogP contribution in [0, 0.1) is 11.3 Å². The van der Waals surface area contributed by atoms with Crippen LogP contribution in [-0.2, 0) is 4.74 Å². The first kappa shape index (κ1) is 14.8. The molecule has 3 aliphatic rings. The molecule has 20 heavy (non-hydrogen) atoms. The molecule has 3 heteroatoms. The van der Waals surface area contributed by atoms with Crippen molar-refractivity contribution in [2.45, 2.75) is 52.0 Å². The molecule has 0 aliphatic carbocycles. The van der Waals surface area contributed by atoms with Gasteiger partial charge in [0.1, 0.15) is 0 Å². The molecule has 1 unspecified atom stereocenters. The summed E-state index contributed by atoms with van der Waals surface area (Å²) in [5.41, 5.74) is 0.642. The Labute approximate surface area is 124 Å². The summed E-state index contributed by atoms with van der Waals surface area (Å²) in [5, 5.41) is 0. The molecular formula is C17H32N2O. The van der Waals surface area contributed by atoms with Gasteiger partial charge in [-0.3, -0.25) is 0 Å². The third-order valence-corrected chi connectivity index (χ3v) is 5.87. The Morgan fingerprint density at radius 1 is 1.15 bits per heavy atom. The Morgan fingerprint density at radius 2 is 1.95 bits per heavy atom. The fourth-order valence-electron chi connectivity index (χ4n) is 4.48. The maximum Gasteiger partial charge on any atom is 0.0507 e. The standard InChI is InChI=1S/C17H32N2O/c1-15(2)19-9-6-17(7-10-19)5-3-8-18(14-17)12-16-4-11-20-13-16/h15-16H,3-14H2,1-2H3. The summed E-state index contributed by atoms with van der Waals surface area (Å²) in [6, 6.07) is 0.725. The van der Waals surface area contributed by atoms with Crippen molar-refractivity contribution >= 4 is 0 Å². The Kier molecular flexibility index (Phi) is 4.68. The zero-order chi connectivity index (χ0) is 14.0. The van der Waals surface area contributed by atoms with Crippen molar-refractivity contribution < 1.29 is 4.74 Å². The number of hydrogen-bond acceptors (Lipinski definition) is 3. The zero-order valence-corrected chi connectivity index (χ0v) is 13.4. The first-order valence-electron chi connectivity index (χ1n) is 8.71. The molecule has 0 saturated carbocycles. The molecular weight excluding hydrogens is 248 g/mol. The molecule has 0 aromatic carbocycles. The minimum absolute atomic E-state index is 0.642. The van der Waals surface area contributed by atoms with Crippen LogP contribution in [0.15, 0.2) is 0 Å². The Balaban J connectivity index is 1.52. The number of likely N-dealkylation sites (tertiary alicyclic amines) is 2. The van der Waals surface area contributed by atoms with E-state index in [1.165, 1.54) is 64.8 Å². The molecule has 1 spiro atoms. The minimum atomic E-state index is 0.642. The SMILES string of the molecule is CC(C)N1CCC2(CCCN(CC3CCOC3)C2)CC1. The summed E-state index contributed by atoms with van der Waals surface area (Å²) >= 11 is 0. The predicted molar refractivity (Wildman–Crippen MR) is 83.0 cm³/mol. The van der Waals surface area contributed by atoms with E-state index in [1.54, 1.807) is 0 Å². The number of rotatable bonds is 3. The van der Waals surface area contributed by atoms with E-state index in [1.807, 2.05) is 0 Å². The summed E-state index contributed by atoms with van der Waals surface area (Å²) in [6.45, 7) is 13.3. The average Bonchev–Trinajstić information content (AvgIpc) is 2.92. The largest absolute Gasteiger partial charge is 0.381 e. The number of hydrogen-bond donors (Lipinski definition) is 0. The fourth-order valence-corrected chi connectivity index (χ4v) is 4.48. The summed E-state index contributed by atoms with van der Waals surface area (Å²) < 4.78 is 5.54. The van der Waals surface area contributed by atoms with Crippen LogP contribution >= 0.6 is 0 Å². The highest BCUT2D eigenvalue weighted by molar-refractivity contribution is 4.92. The Hall–Kier alpha value is -0.120. The van der Waals surface area contributed by atoms with E-state index in [2.05, 4.69) is 23.6 Å². The highest BCUT2D eigenvalue weighted by atomic mass is 16.5. The van der Waals surface area contributed by atoms with Gasteiger partial charge in [0.25, 0.3) is 0 Å². The van der Waals surface area contributed by atoms with E-state index in [9.17, 15) is 0 Å². The Bertz CT molecular complexity index is 304. The predicted octanol–water partition coefficient (Wildman–Crippen LogP) is 2.61. The van der Waals surface area contributed by atoms with Crippen molar-refractivity contribution in [1.29, 1.82) is 0 Å². The lowest BCUT2D eigenvalue weighted by atomic mass is 9.72. The number of nitrogens with zero attached hydrogens (tertiary/aromatic N) is 2. The minimum Gasteiger partial charge on any atom is -0.381 e. The molecule has 3 rings (SSSR count). The lowest BCUT2D eigenvalue weighted by molar-refractivity contribution is 0.00947. The van der Waals surface area contributed by atoms with E-state index in [4.69, 9.17) is 4.74 Å². The molecule has 3 heterocycles. The van der Waals surface area contributed by atoms with Crippen LogP contribution in [0.25, 0.3) is 0 Å². The van der Waals surface area contributed by atoms with E-state index < -0.39 is 0 Å². The maximum atomic E-state index is 5.54. The molecule has 116 valence electrons. The van der Waals surface area contributed by atoms with Gasteiger partial charge in [0.05, 0.1) is 6.61 Å². The van der Waals surface area contributed by atoms with Gasteiger partial charge in [0.2, 0.25) is 0 Å². The summed E-state index contributed by atoms with van der Waals surface area (Å²) in [7, 11) is 0. The molecule has 3 aliphatic heterocycles. The van der Waals surface area contributed by atoms with Gasteiger partial charge < -0.3 is 14.5 Å². The molecule has 0 N–H and O–H groups in total. The van der Waals surface area contributed by atoms with Crippen LogP contribution in [0.5, 0.6) is 0 Å². The summed E-state index contributed by atoms with van der Waals surface area (Å²) in [4.78, 5) is 5.42. The molecule has 3 fully saturated rings. The van der Waals surface area contributed by atoms with E-state index in [0.717, 1.165) is 25.2 Å². The monoisotopic (exact) mass is 280 g/mol. The van der Waals surface area contributed by atoms with Gasteiger partial charge in [0.15, 0.2) is 0 Å². The van der Waals surface area contributed by atoms with E-state index in [0.29, 0.717) is 5.41 Å². The van der Waals surface area contributed by atoms with Crippen LogP contribution in [0.1, 0.15) is 46.0 Å². The molecule has 3 saturated heterocycles. The van der Waals surface area contributed by atoms with E-state index in [-0.39, 0.29) is 0 Å². The van der Waals surface area contributed by atoms with Crippen LogP contribution < -0.4 is 0 Å². The van der Waals surface area contributed by atoms with Crippen LogP contribution in [0.3, 0.4) is 0 Å². The third kappa shape index (κ3) is 3.37. The first-order valence-corrected chi connectivity index (χ1v) is 8.71. The molecule has 0 aromatic heterocycles. The van der Waals surface area contributed by atoms with Crippen LogP contribution in [0.4, 0.5) is 0 Å². The van der Waals surface area contributed by atoms with Gasteiger partial charge in [0, 0.05) is 25.7 Å². The molecule has 0 bridgehead atoms. The second-order valence-electron chi connectivity index (χ2n) is 7.70. The van der Waals surface area contributed by atoms with E-state index >= 15 is 0 Å². The van der Waals surface area contributed by atoms with Crippen molar-refractivity contribution in [2.75, 3.05) is 45.9 Å². The van der Waals surface area contributed by atoms with Crippen molar-refractivity contribution in [1.82, 2.24) is 9.80 Å².